The minimum Gasteiger partial charge on any atom is -0.492 e. The quantitative estimate of drug-likeness (QED) is 0.260. The summed E-state index contributed by atoms with van der Waals surface area (Å²) in [6.45, 7) is 1.77. The Labute approximate surface area is 178 Å². The summed E-state index contributed by atoms with van der Waals surface area (Å²) in [6.07, 6.45) is 0. The molecule has 27 heavy (non-hydrogen) atoms. The van der Waals surface area contributed by atoms with Crippen LogP contribution in [0.25, 0.3) is 0 Å². The largest absolute Gasteiger partial charge is 0.492 e. The summed E-state index contributed by atoms with van der Waals surface area (Å²) in [6, 6.07) is 16.4. The van der Waals surface area contributed by atoms with Gasteiger partial charge in [0.2, 0.25) is 0 Å². The van der Waals surface area contributed by atoms with E-state index >= 15 is 0 Å². The summed E-state index contributed by atoms with van der Waals surface area (Å²) in [4.78, 5) is 6.27. The van der Waals surface area contributed by atoms with Crippen LogP contribution in [0.3, 0.4) is 0 Å². The van der Waals surface area contributed by atoms with E-state index in [2.05, 4.69) is 15.6 Å². The van der Waals surface area contributed by atoms with Gasteiger partial charge in [-0.15, -0.1) is 24.0 Å². The number of likely N-dealkylation sites (N-methyl/N-ethyl adjacent to an activating group) is 1. The lowest BCUT2D eigenvalue weighted by Gasteiger charge is -2.26. The van der Waals surface area contributed by atoms with Crippen molar-refractivity contribution < 1.29 is 9.13 Å². The second kappa shape index (κ2) is 12.5. The standard InChI is InChI=1S/C20H27FN4O.HI/c1-22-20(23-12-13-26-18-10-5-4-6-11-18)24-15-19(25(2)3)16-8-7-9-17(21)14-16;/h4-11,14,19H,12-13,15H2,1-3H3,(H2,22,23,24);1H. The van der Waals surface area contributed by atoms with Crippen LogP contribution in [0.2, 0.25) is 0 Å². The van der Waals surface area contributed by atoms with E-state index in [-0.39, 0.29) is 35.8 Å². The van der Waals surface area contributed by atoms with Crippen LogP contribution in [0.5, 0.6) is 5.75 Å². The number of hydrogen-bond acceptors (Lipinski definition) is 3. The maximum Gasteiger partial charge on any atom is 0.191 e. The average molecular weight is 486 g/mol. The molecule has 1 atom stereocenters. The topological polar surface area (TPSA) is 48.9 Å². The summed E-state index contributed by atoms with van der Waals surface area (Å²) in [7, 11) is 5.67. The highest BCUT2D eigenvalue weighted by molar-refractivity contribution is 14.0. The molecule has 0 radical (unpaired) electrons. The highest BCUT2D eigenvalue weighted by Gasteiger charge is 2.15. The van der Waals surface area contributed by atoms with Crippen molar-refractivity contribution in [2.24, 2.45) is 4.99 Å². The first-order chi connectivity index (χ1) is 12.6. The van der Waals surface area contributed by atoms with E-state index in [0.717, 1.165) is 11.3 Å². The highest BCUT2D eigenvalue weighted by atomic mass is 127. The number of aliphatic imine (C=N–C) groups is 1. The molecule has 0 fully saturated rings. The zero-order valence-corrected chi connectivity index (χ0v) is 18.3. The zero-order chi connectivity index (χ0) is 18.8. The van der Waals surface area contributed by atoms with Crippen molar-refractivity contribution >= 4 is 29.9 Å². The van der Waals surface area contributed by atoms with Crippen molar-refractivity contribution in [1.82, 2.24) is 15.5 Å². The van der Waals surface area contributed by atoms with Gasteiger partial charge in [0.25, 0.3) is 0 Å². The lowest BCUT2D eigenvalue weighted by molar-refractivity contribution is 0.296. The molecule has 0 aliphatic heterocycles. The maximum atomic E-state index is 13.5. The van der Waals surface area contributed by atoms with Gasteiger partial charge < -0.3 is 20.3 Å². The van der Waals surface area contributed by atoms with Gasteiger partial charge in [-0.3, -0.25) is 4.99 Å². The van der Waals surface area contributed by atoms with Crippen LogP contribution in [0, 0.1) is 5.82 Å². The molecule has 7 heteroatoms. The molecule has 0 bridgehead atoms. The number of hydrogen-bond donors (Lipinski definition) is 2. The fourth-order valence-corrected chi connectivity index (χ4v) is 2.58. The number of nitrogens with one attached hydrogen (secondary N) is 2. The van der Waals surface area contributed by atoms with Crippen molar-refractivity contribution in [3.63, 3.8) is 0 Å². The first kappa shape index (κ1) is 23.2. The predicted octanol–water partition coefficient (Wildman–Crippen LogP) is 3.29. The molecule has 148 valence electrons. The number of nitrogens with zero attached hydrogens (tertiary/aromatic N) is 2. The van der Waals surface area contributed by atoms with E-state index in [1.807, 2.05) is 55.4 Å². The maximum absolute atomic E-state index is 13.5. The van der Waals surface area contributed by atoms with Gasteiger partial charge in [0.05, 0.1) is 12.6 Å². The average Bonchev–Trinajstić information content (AvgIpc) is 2.64. The van der Waals surface area contributed by atoms with E-state index < -0.39 is 0 Å². The van der Waals surface area contributed by atoms with Crippen molar-refractivity contribution in [2.45, 2.75) is 6.04 Å². The molecular formula is C20H28FIN4O. The van der Waals surface area contributed by atoms with E-state index in [1.54, 1.807) is 19.2 Å². The van der Waals surface area contributed by atoms with Gasteiger partial charge in [-0.05, 0) is 43.9 Å². The lowest BCUT2D eigenvalue weighted by Crippen LogP contribution is -2.43. The second-order valence-electron chi connectivity index (χ2n) is 6.08. The molecule has 5 nitrogen and oxygen atoms in total. The van der Waals surface area contributed by atoms with E-state index in [9.17, 15) is 4.39 Å². The molecule has 0 aromatic heterocycles. The van der Waals surface area contributed by atoms with Gasteiger partial charge in [0.1, 0.15) is 18.2 Å². The van der Waals surface area contributed by atoms with E-state index in [4.69, 9.17) is 4.74 Å². The van der Waals surface area contributed by atoms with Crippen molar-refractivity contribution in [2.75, 3.05) is 40.8 Å². The van der Waals surface area contributed by atoms with Gasteiger partial charge in [-0.25, -0.2) is 4.39 Å². The Morgan fingerprint density at radius 3 is 2.48 bits per heavy atom. The summed E-state index contributed by atoms with van der Waals surface area (Å²) in [5.74, 6) is 1.30. The smallest absolute Gasteiger partial charge is 0.191 e. The normalized spacial score (nSPS) is 12.3. The Morgan fingerprint density at radius 2 is 1.85 bits per heavy atom. The Balaban J connectivity index is 0.00000364. The molecule has 0 aliphatic carbocycles. The molecule has 2 rings (SSSR count). The number of ether oxygens (including phenoxy) is 1. The monoisotopic (exact) mass is 486 g/mol. The number of para-hydroxylation sites is 1. The first-order valence-electron chi connectivity index (χ1n) is 8.64. The Bertz CT molecular complexity index is 697. The lowest BCUT2D eigenvalue weighted by atomic mass is 10.1. The van der Waals surface area contributed by atoms with Gasteiger partial charge >= 0.3 is 0 Å². The van der Waals surface area contributed by atoms with Crippen LogP contribution < -0.4 is 15.4 Å². The van der Waals surface area contributed by atoms with Crippen LogP contribution in [0.4, 0.5) is 4.39 Å². The number of benzene rings is 2. The van der Waals surface area contributed by atoms with Crippen LogP contribution in [0.1, 0.15) is 11.6 Å². The van der Waals surface area contributed by atoms with Crippen LogP contribution in [-0.2, 0) is 0 Å². The van der Waals surface area contributed by atoms with E-state index in [1.165, 1.54) is 6.07 Å². The van der Waals surface area contributed by atoms with E-state index in [0.29, 0.717) is 25.7 Å². The number of halogens is 2. The summed E-state index contributed by atoms with van der Waals surface area (Å²) >= 11 is 0. The van der Waals surface area contributed by atoms with Crippen LogP contribution >= 0.6 is 24.0 Å². The van der Waals surface area contributed by atoms with Gasteiger partial charge in [0, 0.05) is 13.6 Å². The Hall–Kier alpha value is -1.87. The molecule has 0 saturated heterocycles. The third-order valence-corrected chi connectivity index (χ3v) is 3.95. The van der Waals surface area contributed by atoms with Gasteiger partial charge in [-0.1, -0.05) is 30.3 Å². The molecule has 2 N–H and O–H groups in total. The minimum absolute atomic E-state index is 0. The highest BCUT2D eigenvalue weighted by Crippen LogP contribution is 2.18. The molecule has 2 aromatic rings. The molecule has 1 unspecified atom stereocenters. The first-order valence-corrected chi connectivity index (χ1v) is 8.64. The molecule has 0 spiro atoms. The van der Waals surface area contributed by atoms with Crippen molar-refractivity contribution in [3.05, 3.63) is 66.0 Å². The predicted molar refractivity (Wildman–Crippen MR) is 120 cm³/mol. The molecule has 0 heterocycles. The molecular weight excluding hydrogens is 458 g/mol. The molecule has 0 aliphatic rings. The number of rotatable bonds is 8. The molecule has 0 saturated carbocycles. The Kier molecular flexibility index (Phi) is 10.7. The fraction of sp³-hybridized carbons (Fsp3) is 0.350. The fourth-order valence-electron chi connectivity index (χ4n) is 2.58. The summed E-state index contributed by atoms with van der Waals surface area (Å²) in [5.41, 5.74) is 0.922. The third kappa shape index (κ3) is 8.13. The summed E-state index contributed by atoms with van der Waals surface area (Å²) < 4.78 is 19.2. The molecule has 0 amide bonds. The van der Waals surface area contributed by atoms with Crippen LogP contribution in [-0.4, -0.2) is 51.7 Å². The SMILES string of the molecule is CN=C(NCCOc1ccccc1)NCC(c1cccc(F)c1)N(C)C.I. The Morgan fingerprint density at radius 1 is 1.11 bits per heavy atom. The minimum atomic E-state index is -0.227. The van der Waals surface area contributed by atoms with Crippen molar-refractivity contribution in [3.8, 4) is 5.75 Å². The van der Waals surface area contributed by atoms with Gasteiger partial charge in [-0.2, -0.15) is 0 Å². The van der Waals surface area contributed by atoms with Gasteiger partial charge in [0.15, 0.2) is 5.96 Å². The van der Waals surface area contributed by atoms with Crippen LogP contribution in [0.15, 0.2) is 59.6 Å². The van der Waals surface area contributed by atoms with Crippen molar-refractivity contribution in [1.29, 1.82) is 0 Å². The third-order valence-electron chi connectivity index (χ3n) is 3.95. The molecule has 2 aromatic carbocycles. The summed E-state index contributed by atoms with van der Waals surface area (Å²) in [5, 5.41) is 6.50. The zero-order valence-electron chi connectivity index (χ0n) is 16.0. The number of guanidine groups is 1. The second-order valence-corrected chi connectivity index (χ2v) is 6.08.